The highest BCUT2D eigenvalue weighted by molar-refractivity contribution is 5.32. The Labute approximate surface area is 83.9 Å². The normalized spacial score (nSPS) is 17.9. The van der Waals surface area contributed by atoms with Crippen molar-refractivity contribution in [3.8, 4) is 0 Å². The smallest absolute Gasteiger partial charge is 0.148 e. The maximum atomic E-state index is 5.95. The Morgan fingerprint density at radius 2 is 2.29 bits per heavy atom. The van der Waals surface area contributed by atoms with Crippen molar-refractivity contribution >= 4 is 5.82 Å². The number of aryl methyl sites for hydroxylation is 1. The van der Waals surface area contributed by atoms with Crippen molar-refractivity contribution in [2.45, 2.75) is 25.8 Å². The van der Waals surface area contributed by atoms with Gasteiger partial charge in [0.2, 0.25) is 0 Å². The van der Waals surface area contributed by atoms with Crippen LogP contribution < -0.4 is 11.1 Å². The van der Waals surface area contributed by atoms with Gasteiger partial charge in [-0.3, -0.25) is 0 Å². The number of nitrogens with one attached hydrogen (secondary N) is 1. The molecular weight excluding hydrogens is 176 g/mol. The Bertz CT molecular complexity index is 291. The Kier molecular flexibility index (Phi) is 2.63. The molecule has 4 heteroatoms. The molecule has 1 aromatic rings. The topological polar surface area (TPSA) is 63.8 Å². The van der Waals surface area contributed by atoms with Crippen molar-refractivity contribution in [1.29, 1.82) is 0 Å². The lowest BCUT2D eigenvalue weighted by molar-refractivity contribution is 0.619. The first-order valence-electron chi connectivity index (χ1n) is 5.05. The fourth-order valence-electron chi connectivity index (χ4n) is 1.41. The van der Waals surface area contributed by atoms with Gasteiger partial charge in [0, 0.05) is 12.6 Å². The van der Waals surface area contributed by atoms with Crippen LogP contribution in [0.5, 0.6) is 0 Å². The van der Waals surface area contributed by atoms with E-state index in [-0.39, 0.29) is 6.04 Å². The summed E-state index contributed by atoms with van der Waals surface area (Å²) in [5.74, 6) is 1.53. The van der Waals surface area contributed by atoms with Gasteiger partial charge in [0.1, 0.15) is 5.82 Å². The monoisotopic (exact) mass is 192 g/mol. The van der Waals surface area contributed by atoms with E-state index < -0.39 is 0 Å². The lowest BCUT2D eigenvalue weighted by Gasteiger charge is -2.11. The molecule has 14 heavy (non-hydrogen) atoms. The van der Waals surface area contributed by atoms with Crippen LogP contribution in [0.1, 0.15) is 18.5 Å². The summed E-state index contributed by atoms with van der Waals surface area (Å²) in [4.78, 5) is 0. The van der Waals surface area contributed by atoms with E-state index in [1.54, 1.807) is 0 Å². The van der Waals surface area contributed by atoms with Gasteiger partial charge < -0.3 is 11.1 Å². The average molecular weight is 192 g/mol. The Morgan fingerprint density at radius 1 is 1.50 bits per heavy atom. The van der Waals surface area contributed by atoms with Crippen LogP contribution in [0.4, 0.5) is 5.82 Å². The SMILES string of the molecule is Cc1ccc(NCC(N)C2CC2)nn1. The van der Waals surface area contributed by atoms with Crippen LogP contribution in [0.3, 0.4) is 0 Å². The quantitative estimate of drug-likeness (QED) is 0.745. The first-order valence-corrected chi connectivity index (χ1v) is 5.05. The van der Waals surface area contributed by atoms with Gasteiger partial charge in [0.25, 0.3) is 0 Å². The number of nitrogens with zero attached hydrogens (tertiary/aromatic N) is 2. The minimum atomic E-state index is 0.262. The fourth-order valence-corrected chi connectivity index (χ4v) is 1.41. The van der Waals surface area contributed by atoms with Crippen molar-refractivity contribution in [1.82, 2.24) is 10.2 Å². The zero-order chi connectivity index (χ0) is 9.97. The molecule has 2 rings (SSSR count). The van der Waals surface area contributed by atoms with Crippen LogP contribution in [-0.2, 0) is 0 Å². The van der Waals surface area contributed by atoms with E-state index in [1.807, 2.05) is 19.1 Å². The number of hydrogen-bond donors (Lipinski definition) is 2. The fraction of sp³-hybridized carbons (Fsp3) is 0.600. The van der Waals surface area contributed by atoms with Gasteiger partial charge in [0.05, 0.1) is 5.69 Å². The van der Waals surface area contributed by atoms with Gasteiger partial charge in [-0.1, -0.05) is 0 Å². The van der Waals surface area contributed by atoms with Crippen molar-refractivity contribution in [3.05, 3.63) is 17.8 Å². The van der Waals surface area contributed by atoms with Crippen molar-refractivity contribution in [2.24, 2.45) is 11.7 Å². The largest absolute Gasteiger partial charge is 0.367 e. The third-order valence-corrected chi connectivity index (χ3v) is 2.54. The van der Waals surface area contributed by atoms with Crippen LogP contribution in [-0.4, -0.2) is 22.8 Å². The summed E-state index contributed by atoms with van der Waals surface area (Å²) in [5.41, 5.74) is 6.88. The summed E-state index contributed by atoms with van der Waals surface area (Å²) in [7, 11) is 0. The number of anilines is 1. The summed E-state index contributed by atoms with van der Waals surface area (Å²) < 4.78 is 0. The molecule has 1 aliphatic carbocycles. The summed E-state index contributed by atoms with van der Waals surface area (Å²) in [6.45, 7) is 2.72. The zero-order valence-electron chi connectivity index (χ0n) is 8.40. The van der Waals surface area contributed by atoms with E-state index in [2.05, 4.69) is 15.5 Å². The Hall–Kier alpha value is -1.16. The minimum absolute atomic E-state index is 0.262. The molecule has 76 valence electrons. The van der Waals surface area contributed by atoms with Crippen LogP contribution >= 0.6 is 0 Å². The second-order valence-electron chi connectivity index (χ2n) is 3.94. The molecule has 0 bridgehead atoms. The summed E-state index contributed by atoms with van der Waals surface area (Å²) in [6, 6.07) is 4.14. The highest BCUT2D eigenvalue weighted by atomic mass is 15.2. The number of nitrogens with two attached hydrogens (primary N) is 1. The van der Waals surface area contributed by atoms with E-state index in [1.165, 1.54) is 12.8 Å². The third-order valence-electron chi connectivity index (χ3n) is 2.54. The van der Waals surface area contributed by atoms with E-state index >= 15 is 0 Å². The Balaban J connectivity index is 1.82. The average Bonchev–Trinajstić information content (AvgIpc) is 3.00. The maximum absolute atomic E-state index is 5.95. The van der Waals surface area contributed by atoms with Crippen LogP contribution in [0.15, 0.2) is 12.1 Å². The van der Waals surface area contributed by atoms with Gasteiger partial charge in [-0.25, -0.2) is 0 Å². The molecule has 1 unspecified atom stereocenters. The predicted octanol–water partition coefficient (Wildman–Crippen LogP) is 0.934. The lowest BCUT2D eigenvalue weighted by atomic mass is 10.2. The van der Waals surface area contributed by atoms with Gasteiger partial charge in [-0.2, -0.15) is 5.10 Å². The summed E-state index contributed by atoms with van der Waals surface area (Å²) in [6.07, 6.45) is 2.56. The van der Waals surface area contributed by atoms with Gasteiger partial charge >= 0.3 is 0 Å². The molecule has 1 aromatic heterocycles. The van der Waals surface area contributed by atoms with Gasteiger partial charge in [0.15, 0.2) is 0 Å². The minimum Gasteiger partial charge on any atom is -0.367 e. The third kappa shape index (κ3) is 2.42. The molecule has 0 amide bonds. The molecule has 1 saturated carbocycles. The summed E-state index contributed by atoms with van der Waals surface area (Å²) >= 11 is 0. The van der Waals surface area contributed by atoms with E-state index in [0.29, 0.717) is 0 Å². The van der Waals surface area contributed by atoms with Crippen LogP contribution in [0.2, 0.25) is 0 Å². The Morgan fingerprint density at radius 3 is 2.86 bits per heavy atom. The number of rotatable bonds is 4. The molecule has 4 nitrogen and oxygen atoms in total. The molecule has 1 fully saturated rings. The standard InChI is InChI=1S/C10H16N4/c1-7-2-5-10(14-13-7)12-6-9(11)8-3-4-8/h2,5,8-9H,3-4,6,11H2,1H3,(H,12,14). The maximum Gasteiger partial charge on any atom is 0.148 e. The van der Waals surface area contributed by atoms with Crippen LogP contribution in [0, 0.1) is 12.8 Å². The molecule has 0 aliphatic heterocycles. The second kappa shape index (κ2) is 3.92. The van der Waals surface area contributed by atoms with Crippen LogP contribution in [0.25, 0.3) is 0 Å². The molecule has 1 aliphatic rings. The second-order valence-corrected chi connectivity index (χ2v) is 3.94. The molecular formula is C10H16N4. The molecule has 0 radical (unpaired) electrons. The molecule has 0 aromatic carbocycles. The molecule has 0 spiro atoms. The molecule has 3 N–H and O–H groups in total. The highest BCUT2D eigenvalue weighted by Crippen LogP contribution is 2.31. The number of aromatic nitrogens is 2. The van der Waals surface area contributed by atoms with E-state index in [9.17, 15) is 0 Å². The van der Waals surface area contributed by atoms with Gasteiger partial charge in [-0.05, 0) is 37.8 Å². The van der Waals surface area contributed by atoms with E-state index in [0.717, 1.165) is 24.0 Å². The first-order chi connectivity index (χ1) is 6.75. The molecule has 0 saturated heterocycles. The first kappa shape index (κ1) is 9.40. The van der Waals surface area contributed by atoms with E-state index in [4.69, 9.17) is 5.73 Å². The summed E-state index contributed by atoms with van der Waals surface area (Å²) in [5, 5.41) is 11.2. The van der Waals surface area contributed by atoms with Crippen molar-refractivity contribution in [2.75, 3.05) is 11.9 Å². The molecule has 1 atom stereocenters. The van der Waals surface area contributed by atoms with Crippen molar-refractivity contribution in [3.63, 3.8) is 0 Å². The highest BCUT2D eigenvalue weighted by Gasteiger charge is 2.27. The predicted molar refractivity (Wildman–Crippen MR) is 56.0 cm³/mol. The lowest BCUT2D eigenvalue weighted by Crippen LogP contribution is -2.31. The zero-order valence-corrected chi connectivity index (χ0v) is 8.40. The van der Waals surface area contributed by atoms with Crippen molar-refractivity contribution < 1.29 is 0 Å². The van der Waals surface area contributed by atoms with Gasteiger partial charge in [-0.15, -0.1) is 5.10 Å². The number of hydrogen-bond acceptors (Lipinski definition) is 4. The molecule has 1 heterocycles.